The van der Waals surface area contributed by atoms with Crippen molar-refractivity contribution in [2.75, 3.05) is 36.2 Å². The van der Waals surface area contributed by atoms with Crippen molar-refractivity contribution in [2.24, 2.45) is 27.6 Å². The summed E-state index contributed by atoms with van der Waals surface area (Å²) in [6.07, 6.45) is 8.83. The van der Waals surface area contributed by atoms with Gasteiger partial charge in [-0.3, -0.25) is 0 Å². The minimum atomic E-state index is -1.38. The largest absolute Gasteiger partial charge is 0.494 e. The number of hydrogen-bond acceptors (Lipinski definition) is 8. The van der Waals surface area contributed by atoms with E-state index in [9.17, 15) is 9.90 Å². The lowest BCUT2D eigenvalue weighted by molar-refractivity contribution is 0.0364. The predicted octanol–water partition coefficient (Wildman–Crippen LogP) is 6.24. The molecule has 4 heterocycles. The van der Waals surface area contributed by atoms with Crippen LogP contribution in [-0.4, -0.2) is 71.0 Å². The number of piperidine rings is 1. The van der Waals surface area contributed by atoms with E-state index >= 15 is 0 Å². The van der Waals surface area contributed by atoms with E-state index in [1.165, 1.54) is 36.9 Å². The SMILES string of the molecule is C=Nc1nc(/C(N)=N/C(=O)O)nc(N2CCCCC2C2CCC2)c1N1C[C@@H]2CCCC3=C2N(C1)[C@H](c1ccccc1)CO3.CC. The van der Waals surface area contributed by atoms with Crippen LogP contribution in [0.2, 0.25) is 0 Å². The molecule has 0 spiro atoms. The summed E-state index contributed by atoms with van der Waals surface area (Å²) >= 11 is 0. The molecule has 0 bridgehead atoms. The second-order valence-corrected chi connectivity index (χ2v) is 12.4. The fraction of sp³-hybridized carbons (Fsp3) is 0.559. The minimum Gasteiger partial charge on any atom is -0.494 e. The Morgan fingerprint density at radius 3 is 2.56 bits per heavy atom. The van der Waals surface area contributed by atoms with E-state index in [1.54, 1.807) is 0 Å². The Morgan fingerprint density at radius 1 is 1.04 bits per heavy atom. The molecule has 11 heteroatoms. The van der Waals surface area contributed by atoms with Crippen molar-refractivity contribution in [1.29, 1.82) is 0 Å². The summed E-state index contributed by atoms with van der Waals surface area (Å²) in [5.41, 5.74) is 9.54. The normalized spacial score (nSPS) is 25.0. The van der Waals surface area contributed by atoms with E-state index in [-0.39, 0.29) is 17.7 Å². The number of nitrogens with two attached hydrogens (primary N) is 1. The fourth-order valence-corrected chi connectivity index (χ4v) is 7.78. The van der Waals surface area contributed by atoms with Crippen LogP contribution in [0.25, 0.3) is 0 Å². The van der Waals surface area contributed by atoms with Crippen molar-refractivity contribution in [2.45, 2.75) is 83.7 Å². The first-order valence-electron chi connectivity index (χ1n) is 16.7. The average Bonchev–Trinajstić information content (AvgIpc) is 3.05. The van der Waals surface area contributed by atoms with Gasteiger partial charge in [0.2, 0.25) is 0 Å². The van der Waals surface area contributed by atoms with E-state index in [4.69, 9.17) is 15.5 Å². The number of anilines is 2. The third kappa shape index (κ3) is 5.96. The highest BCUT2D eigenvalue weighted by atomic mass is 16.5. The van der Waals surface area contributed by atoms with Crippen LogP contribution in [0.4, 0.5) is 22.1 Å². The molecule has 2 aliphatic carbocycles. The Morgan fingerprint density at radius 2 is 1.84 bits per heavy atom. The molecule has 3 atom stereocenters. The van der Waals surface area contributed by atoms with E-state index in [0.717, 1.165) is 62.5 Å². The Bertz CT molecular complexity index is 1460. The molecule has 240 valence electrons. The fourth-order valence-electron chi connectivity index (χ4n) is 7.78. The molecule has 0 radical (unpaired) electrons. The van der Waals surface area contributed by atoms with Crippen LogP contribution in [0.15, 0.2) is 51.8 Å². The number of amidine groups is 1. The summed E-state index contributed by atoms with van der Waals surface area (Å²) in [4.78, 5) is 36.3. The highest BCUT2D eigenvalue weighted by molar-refractivity contribution is 6.01. The van der Waals surface area contributed by atoms with Gasteiger partial charge in [-0.05, 0) is 63.1 Å². The highest BCUT2D eigenvalue weighted by Crippen LogP contribution is 2.49. The molecule has 3 N–H and O–H groups in total. The second kappa shape index (κ2) is 13.5. The second-order valence-electron chi connectivity index (χ2n) is 12.4. The molecule has 1 amide bonds. The van der Waals surface area contributed by atoms with Crippen LogP contribution in [0.5, 0.6) is 0 Å². The minimum absolute atomic E-state index is 0.0764. The maximum atomic E-state index is 11.4. The van der Waals surface area contributed by atoms with E-state index in [1.807, 2.05) is 19.9 Å². The molecule has 45 heavy (non-hydrogen) atoms. The zero-order valence-corrected chi connectivity index (χ0v) is 26.6. The lowest BCUT2D eigenvalue weighted by Gasteiger charge is -2.52. The number of nitrogens with zero attached hydrogens (tertiary/aromatic N) is 7. The summed E-state index contributed by atoms with van der Waals surface area (Å²) in [7, 11) is 0. The van der Waals surface area contributed by atoms with Gasteiger partial charge in [0, 0.05) is 31.5 Å². The van der Waals surface area contributed by atoms with Gasteiger partial charge in [0.25, 0.3) is 0 Å². The summed E-state index contributed by atoms with van der Waals surface area (Å²) in [6.45, 7) is 10.8. The molecular formula is C34H46N8O3. The summed E-state index contributed by atoms with van der Waals surface area (Å²) in [5.74, 6) is 3.07. The molecule has 1 aromatic heterocycles. The van der Waals surface area contributed by atoms with E-state index < -0.39 is 6.09 Å². The number of aliphatic imine (C=N–C) groups is 2. The van der Waals surface area contributed by atoms with Gasteiger partial charge in [-0.25, -0.2) is 19.8 Å². The van der Waals surface area contributed by atoms with Crippen molar-refractivity contribution in [3.05, 3.63) is 53.2 Å². The van der Waals surface area contributed by atoms with Gasteiger partial charge in [0.05, 0.1) is 18.4 Å². The smallest absolute Gasteiger partial charge is 0.433 e. The highest BCUT2D eigenvalue weighted by Gasteiger charge is 2.44. The molecule has 2 saturated heterocycles. The summed E-state index contributed by atoms with van der Waals surface area (Å²) in [5, 5.41) is 9.32. The number of hydrogen-bond donors (Lipinski definition) is 2. The lowest BCUT2D eigenvalue weighted by Crippen LogP contribution is -2.54. The van der Waals surface area contributed by atoms with Crippen molar-refractivity contribution in [3.63, 3.8) is 0 Å². The van der Waals surface area contributed by atoms with Crippen LogP contribution in [-0.2, 0) is 4.74 Å². The van der Waals surface area contributed by atoms with Crippen LogP contribution in [0.1, 0.15) is 89.1 Å². The van der Waals surface area contributed by atoms with Gasteiger partial charge in [-0.15, -0.1) is 0 Å². The van der Waals surface area contributed by atoms with Crippen molar-refractivity contribution < 1.29 is 14.6 Å². The number of carboxylic acid groups (broad SMARTS) is 1. The molecule has 5 aliphatic rings. The number of carbonyl (C=O) groups is 1. The molecule has 2 aromatic rings. The Labute approximate surface area is 265 Å². The third-order valence-corrected chi connectivity index (χ3v) is 9.95. The zero-order chi connectivity index (χ0) is 31.5. The van der Waals surface area contributed by atoms with Crippen LogP contribution < -0.4 is 15.5 Å². The molecule has 1 unspecified atom stereocenters. The monoisotopic (exact) mass is 614 g/mol. The molecule has 1 saturated carbocycles. The van der Waals surface area contributed by atoms with Crippen molar-refractivity contribution in [3.8, 4) is 0 Å². The van der Waals surface area contributed by atoms with Crippen LogP contribution in [0.3, 0.4) is 0 Å². The zero-order valence-electron chi connectivity index (χ0n) is 26.6. The first-order valence-corrected chi connectivity index (χ1v) is 16.7. The number of amides is 1. The summed E-state index contributed by atoms with van der Waals surface area (Å²) in [6, 6.07) is 11.0. The van der Waals surface area contributed by atoms with Gasteiger partial charge in [0.15, 0.2) is 23.3 Å². The number of benzene rings is 1. The van der Waals surface area contributed by atoms with Gasteiger partial charge in [-0.1, -0.05) is 50.6 Å². The number of ether oxygens (including phenoxy) is 1. The van der Waals surface area contributed by atoms with Crippen molar-refractivity contribution in [1.82, 2.24) is 14.9 Å². The maximum absolute atomic E-state index is 11.4. The standard InChI is InChI=1S/C32H40N8O3.C2H6/c1-34-29-27(31(37-30(36-29)28(33)35-32(41)42)39-16-6-5-14-23(39)20-11-7-12-20)38-17-22-13-8-15-25-26(22)40(19-38)24(18-43-25)21-9-3-2-4-10-21;1-2/h2-4,9-10,20,22-24H,1,5-8,11-19H2,(H2,33,35)(H,41,42);1-2H3/t22-,23?,24-;/m0./s1. The first kappa shape index (κ1) is 30.9. The predicted molar refractivity (Wildman–Crippen MR) is 177 cm³/mol. The van der Waals surface area contributed by atoms with Gasteiger partial charge in [0.1, 0.15) is 18.1 Å². The summed E-state index contributed by atoms with van der Waals surface area (Å²) < 4.78 is 6.41. The van der Waals surface area contributed by atoms with E-state index in [0.29, 0.717) is 37.0 Å². The molecule has 3 fully saturated rings. The lowest BCUT2D eigenvalue weighted by atomic mass is 9.76. The van der Waals surface area contributed by atoms with Crippen LogP contribution in [0, 0.1) is 11.8 Å². The third-order valence-electron chi connectivity index (χ3n) is 9.95. The van der Waals surface area contributed by atoms with Gasteiger partial charge in [-0.2, -0.15) is 4.99 Å². The Kier molecular flexibility index (Phi) is 9.23. The molecule has 7 rings (SSSR count). The maximum Gasteiger partial charge on any atom is 0.433 e. The topological polar surface area (TPSA) is 133 Å². The molecule has 3 aliphatic heterocycles. The quantitative estimate of drug-likeness (QED) is 0.287. The van der Waals surface area contributed by atoms with Crippen molar-refractivity contribution >= 4 is 36.0 Å². The molecule has 11 nitrogen and oxygen atoms in total. The number of aromatic nitrogens is 2. The Balaban J connectivity index is 0.00000175. The molecule has 1 aromatic carbocycles. The average molecular weight is 615 g/mol. The molecular weight excluding hydrogens is 568 g/mol. The van der Waals surface area contributed by atoms with E-state index in [2.05, 4.69) is 60.7 Å². The van der Waals surface area contributed by atoms with Crippen LogP contribution >= 0.6 is 0 Å². The number of rotatable bonds is 6. The Hall–Kier alpha value is -4.15. The van der Waals surface area contributed by atoms with Gasteiger partial charge < -0.3 is 30.3 Å². The first-order chi connectivity index (χ1) is 22.0. The number of allylic oxidation sites excluding steroid dienone is 1. The van der Waals surface area contributed by atoms with Gasteiger partial charge >= 0.3 is 6.09 Å².